The number of likely N-dealkylation sites (N-methyl/N-ethyl adjacent to an activating group) is 1. The molecule has 0 aromatic rings. The molecule has 1 saturated heterocycles. The quantitative estimate of drug-likeness (QED) is 0.667. The maximum absolute atomic E-state index is 12.3. The minimum absolute atomic E-state index is 0.0530. The van der Waals surface area contributed by atoms with E-state index in [0.29, 0.717) is 0 Å². The highest BCUT2D eigenvalue weighted by atomic mass is 16.2. The highest BCUT2D eigenvalue weighted by Gasteiger charge is 2.40. The standard InChI is InChI=1S/C13H21N3O3/c1-7-4-3-5-8(14)11(7)12(18)15-9-6-10(17)16(2)13(9)19/h7-9,11H,3-6,14H2,1-2H3,(H,15,18). The first kappa shape index (κ1) is 14.0. The molecule has 0 radical (unpaired) electrons. The molecule has 19 heavy (non-hydrogen) atoms. The van der Waals surface area contributed by atoms with E-state index in [0.717, 1.165) is 24.2 Å². The van der Waals surface area contributed by atoms with Gasteiger partial charge in [0, 0.05) is 13.1 Å². The molecule has 1 saturated carbocycles. The number of nitrogens with one attached hydrogen (secondary N) is 1. The lowest BCUT2D eigenvalue weighted by Crippen LogP contribution is -2.51. The van der Waals surface area contributed by atoms with Gasteiger partial charge in [0.05, 0.1) is 12.3 Å². The third-order valence-corrected chi connectivity index (χ3v) is 4.27. The number of carbonyl (C=O) groups is 3. The first-order valence-corrected chi connectivity index (χ1v) is 6.78. The zero-order valence-electron chi connectivity index (χ0n) is 11.4. The molecule has 4 atom stereocenters. The highest BCUT2D eigenvalue weighted by Crippen LogP contribution is 2.29. The Kier molecular flexibility index (Phi) is 3.89. The lowest BCUT2D eigenvalue weighted by Gasteiger charge is -2.33. The summed E-state index contributed by atoms with van der Waals surface area (Å²) in [7, 11) is 1.44. The number of imide groups is 1. The van der Waals surface area contributed by atoms with Crippen LogP contribution in [0.4, 0.5) is 0 Å². The van der Waals surface area contributed by atoms with E-state index >= 15 is 0 Å². The average Bonchev–Trinajstić information content (AvgIpc) is 2.57. The third-order valence-electron chi connectivity index (χ3n) is 4.27. The van der Waals surface area contributed by atoms with Crippen molar-refractivity contribution in [3.8, 4) is 0 Å². The number of rotatable bonds is 2. The molecule has 0 aromatic carbocycles. The molecule has 0 bridgehead atoms. The molecule has 3 N–H and O–H groups in total. The fourth-order valence-electron chi connectivity index (χ4n) is 3.05. The van der Waals surface area contributed by atoms with Gasteiger partial charge in [-0.05, 0) is 18.8 Å². The van der Waals surface area contributed by atoms with Gasteiger partial charge in [-0.3, -0.25) is 19.3 Å². The Bertz CT molecular complexity index is 400. The molecule has 2 aliphatic rings. The molecule has 6 heteroatoms. The van der Waals surface area contributed by atoms with Gasteiger partial charge in [-0.25, -0.2) is 0 Å². The lowest BCUT2D eigenvalue weighted by molar-refractivity contribution is -0.139. The van der Waals surface area contributed by atoms with E-state index in [1.807, 2.05) is 6.92 Å². The Labute approximate surface area is 112 Å². The van der Waals surface area contributed by atoms with Crippen molar-refractivity contribution in [2.75, 3.05) is 7.05 Å². The largest absolute Gasteiger partial charge is 0.343 e. The van der Waals surface area contributed by atoms with Gasteiger partial charge in [0.2, 0.25) is 11.8 Å². The maximum atomic E-state index is 12.3. The Balaban J connectivity index is 2.01. The Morgan fingerprint density at radius 1 is 1.37 bits per heavy atom. The van der Waals surface area contributed by atoms with Crippen LogP contribution in [0.5, 0.6) is 0 Å². The molecule has 2 rings (SSSR count). The van der Waals surface area contributed by atoms with Crippen LogP contribution < -0.4 is 11.1 Å². The van der Waals surface area contributed by atoms with Gasteiger partial charge < -0.3 is 11.1 Å². The molecule has 0 spiro atoms. The van der Waals surface area contributed by atoms with E-state index in [1.54, 1.807) is 0 Å². The van der Waals surface area contributed by atoms with Crippen molar-refractivity contribution in [1.82, 2.24) is 10.2 Å². The number of hydrogen-bond acceptors (Lipinski definition) is 4. The van der Waals surface area contributed by atoms with Crippen LogP contribution in [-0.4, -0.2) is 41.8 Å². The van der Waals surface area contributed by atoms with Gasteiger partial charge in [0.1, 0.15) is 6.04 Å². The number of likely N-dealkylation sites (tertiary alicyclic amines) is 1. The van der Waals surface area contributed by atoms with E-state index < -0.39 is 6.04 Å². The zero-order chi connectivity index (χ0) is 14.2. The van der Waals surface area contributed by atoms with Crippen molar-refractivity contribution in [3.05, 3.63) is 0 Å². The molecule has 1 heterocycles. The molecule has 2 fully saturated rings. The summed E-state index contributed by atoms with van der Waals surface area (Å²) in [6.45, 7) is 2.01. The van der Waals surface area contributed by atoms with E-state index in [4.69, 9.17) is 5.73 Å². The molecule has 3 amide bonds. The minimum atomic E-state index is -0.716. The number of carbonyl (C=O) groups excluding carboxylic acids is 3. The van der Waals surface area contributed by atoms with Crippen LogP contribution in [0.3, 0.4) is 0 Å². The topological polar surface area (TPSA) is 92.5 Å². The molecule has 0 aromatic heterocycles. The molecular weight excluding hydrogens is 246 g/mol. The maximum Gasteiger partial charge on any atom is 0.252 e. The van der Waals surface area contributed by atoms with Crippen LogP contribution in [0.2, 0.25) is 0 Å². The van der Waals surface area contributed by atoms with Crippen LogP contribution in [-0.2, 0) is 14.4 Å². The monoisotopic (exact) mass is 267 g/mol. The summed E-state index contributed by atoms with van der Waals surface area (Å²) < 4.78 is 0. The SMILES string of the molecule is CC1CCCC(N)C1C(=O)NC1CC(=O)N(C)C1=O. The summed E-state index contributed by atoms with van der Waals surface area (Å²) in [4.78, 5) is 36.5. The lowest BCUT2D eigenvalue weighted by atomic mass is 9.76. The average molecular weight is 267 g/mol. The van der Waals surface area contributed by atoms with Crippen molar-refractivity contribution in [3.63, 3.8) is 0 Å². The Hall–Kier alpha value is -1.43. The molecule has 1 aliphatic carbocycles. The number of hydrogen-bond donors (Lipinski definition) is 2. The normalized spacial score (nSPS) is 35.6. The second-order valence-corrected chi connectivity index (χ2v) is 5.65. The first-order chi connectivity index (χ1) is 8.91. The van der Waals surface area contributed by atoms with Gasteiger partial charge in [0.25, 0.3) is 5.91 Å². The van der Waals surface area contributed by atoms with Gasteiger partial charge in [-0.1, -0.05) is 13.3 Å². The Morgan fingerprint density at radius 3 is 2.58 bits per heavy atom. The summed E-state index contributed by atoms with van der Waals surface area (Å²) in [5, 5.41) is 2.69. The zero-order valence-corrected chi connectivity index (χ0v) is 11.4. The summed E-state index contributed by atoms with van der Waals surface area (Å²) >= 11 is 0. The highest BCUT2D eigenvalue weighted by molar-refractivity contribution is 6.06. The molecule has 106 valence electrons. The van der Waals surface area contributed by atoms with Crippen LogP contribution in [0.25, 0.3) is 0 Å². The number of nitrogens with two attached hydrogens (primary N) is 1. The predicted octanol–water partition coefficient (Wildman–Crippen LogP) is -0.377. The molecule has 4 unspecified atom stereocenters. The second kappa shape index (κ2) is 5.28. The summed E-state index contributed by atoms with van der Waals surface area (Å²) in [5.41, 5.74) is 6.01. The van der Waals surface area contributed by atoms with Gasteiger partial charge in [0.15, 0.2) is 0 Å². The fourth-order valence-corrected chi connectivity index (χ4v) is 3.05. The van der Waals surface area contributed by atoms with Gasteiger partial charge in [-0.15, -0.1) is 0 Å². The molecular formula is C13H21N3O3. The van der Waals surface area contributed by atoms with E-state index in [-0.39, 0.29) is 42.0 Å². The summed E-state index contributed by atoms with van der Waals surface area (Å²) in [5.74, 6) is -0.830. The van der Waals surface area contributed by atoms with Gasteiger partial charge >= 0.3 is 0 Å². The van der Waals surface area contributed by atoms with Gasteiger partial charge in [-0.2, -0.15) is 0 Å². The second-order valence-electron chi connectivity index (χ2n) is 5.65. The summed E-state index contributed by atoms with van der Waals surface area (Å²) in [6.07, 6.45) is 2.90. The number of nitrogens with zero attached hydrogens (tertiary/aromatic N) is 1. The van der Waals surface area contributed by atoms with Crippen molar-refractivity contribution >= 4 is 17.7 Å². The van der Waals surface area contributed by atoms with Crippen molar-refractivity contribution in [2.45, 2.75) is 44.7 Å². The summed E-state index contributed by atoms with van der Waals surface area (Å²) in [6, 6.07) is -0.875. The third kappa shape index (κ3) is 2.63. The van der Waals surface area contributed by atoms with E-state index in [1.165, 1.54) is 7.05 Å². The predicted molar refractivity (Wildman–Crippen MR) is 68.8 cm³/mol. The molecule has 1 aliphatic heterocycles. The fraction of sp³-hybridized carbons (Fsp3) is 0.769. The van der Waals surface area contributed by atoms with Crippen LogP contribution in [0, 0.1) is 11.8 Å². The van der Waals surface area contributed by atoms with Crippen molar-refractivity contribution in [1.29, 1.82) is 0 Å². The van der Waals surface area contributed by atoms with Crippen LogP contribution >= 0.6 is 0 Å². The minimum Gasteiger partial charge on any atom is -0.343 e. The Morgan fingerprint density at radius 2 is 2.05 bits per heavy atom. The van der Waals surface area contributed by atoms with E-state index in [9.17, 15) is 14.4 Å². The first-order valence-electron chi connectivity index (χ1n) is 6.78. The van der Waals surface area contributed by atoms with E-state index in [2.05, 4.69) is 5.32 Å². The number of amides is 3. The smallest absolute Gasteiger partial charge is 0.252 e. The van der Waals surface area contributed by atoms with Crippen molar-refractivity contribution in [2.24, 2.45) is 17.6 Å². The molecule has 6 nitrogen and oxygen atoms in total. The van der Waals surface area contributed by atoms with Crippen molar-refractivity contribution < 1.29 is 14.4 Å². The van der Waals surface area contributed by atoms with Crippen LogP contribution in [0.1, 0.15) is 32.6 Å². The van der Waals surface area contributed by atoms with Crippen LogP contribution in [0.15, 0.2) is 0 Å².